The van der Waals surface area contributed by atoms with Crippen LogP contribution in [0.2, 0.25) is 0 Å². The minimum absolute atomic E-state index is 0.00574. The van der Waals surface area contributed by atoms with E-state index in [0.29, 0.717) is 24.7 Å². The molecule has 4 nitrogen and oxygen atoms in total. The van der Waals surface area contributed by atoms with E-state index in [0.717, 1.165) is 25.1 Å². The zero-order valence-corrected chi connectivity index (χ0v) is 14.7. The molecular weight excluding hydrogens is 310 g/mol. The lowest BCUT2D eigenvalue weighted by atomic mass is 10.0. The summed E-state index contributed by atoms with van der Waals surface area (Å²) < 4.78 is 0. The molecule has 0 aromatic heterocycles. The Morgan fingerprint density at radius 3 is 2.52 bits per heavy atom. The zero-order chi connectivity index (χ0) is 17.5. The zero-order valence-electron chi connectivity index (χ0n) is 14.7. The number of rotatable bonds is 6. The average Bonchev–Trinajstić information content (AvgIpc) is 2.68. The number of nitrogens with one attached hydrogen (secondary N) is 1. The maximum atomic E-state index is 12.4. The van der Waals surface area contributed by atoms with Crippen LogP contribution in [0, 0.1) is 0 Å². The Labute approximate surface area is 150 Å². The van der Waals surface area contributed by atoms with Crippen LogP contribution in [0.5, 0.6) is 0 Å². The van der Waals surface area contributed by atoms with Gasteiger partial charge in [0.1, 0.15) is 0 Å². The molecule has 1 unspecified atom stereocenters. The van der Waals surface area contributed by atoms with Gasteiger partial charge in [0.05, 0.1) is 0 Å². The molecule has 0 bridgehead atoms. The van der Waals surface area contributed by atoms with Crippen molar-refractivity contribution in [3.8, 4) is 0 Å². The summed E-state index contributed by atoms with van der Waals surface area (Å²) in [4.78, 5) is 14.9. The van der Waals surface area contributed by atoms with Crippen LogP contribution < -0.4 is 11.1 Å². The van der Waals surface area contributed by atoms with Crippen molar-refractivity contribution < 1.29 is 4.79 Å². The maximum Gasteiger partial charge on any atom is 0.251 e. The van der Waals surface area contributed by atoms with Crippen LogP contribution in [-0.2, 0) is 13.1 Å². The lowest BCUT2D eigenvalue weighted by molar-refractivity contribution is 0.0907. The summed E-state index contributed by atoms with van der Waals surface area (Å²) in [5, 5.41) is 3.11. The number of hydrogen-bond acceptors (Lipinski definition) is 3. The first-order chi connectivity index (χ1) is 12.3. The molecule has 1 aliphatic heterocycles. The van der Waals surface area contributed by atoms with Crippen LogP contribution in [0.15, 0.2) is 54.6 Å². The van der Waals surface area contributed by atoms with Gasteiger partial charge < -0.3 is 11.1 Å². The summed E-state index contributed by atoms with van der Waals surface area (Å²) in [5.41, 5.74) is 8.67. The van der Waals surface area contributed by atoms with Crippen LogP contribution in [0.1, 0.15) is 40.7 Å². The Balaban J connectivity index is 1.56. The van der Waals surface area contributed by atoms with E-state index < -0.39 is 0 Å². The highest BCUT2D eigenvalue weighted by Crippen LogP contribution is 2.19. The summed E-state index contributed by atoms with van der Waals surface area (Å²) in [7, 11) is 0. The number of nitrogens with zero attached hydrogens (tertiary/aromatic N) is 1. The van der Waals surface area contributed by atoms with Gasteiger partial charge in [-0.1, -0.05) is 48.9 Å². The van der Waals surface area contributed by atoms with E-state index >= 15 is 0 Å². The summed E-state index contributed by atoms with van der Waals surface area (Å²) in [5.74, 6) is -0.00574. The Bertz CT molecular complexity index is 669. The van der Waals surface area contributed by atoms with Crippen LogP contribution >= 0.6 is 0 Å². The quantitative estimate of drug-likeness (QED) is 0.852. The molecule has 3 N–H and O–H groups in total. The lowest BCUT2D eigenvalue weighted by Gasteiger charge is -2.36. The highest BCUT2D eigenvalue weighted by molar-refractivity contribution is 5.94. The summed E-state index contributed by atoms with van der Waals surface area (Å²) >= 11 is 0. The topological polar surface area (TPSA) is 58.4 Å². The average molecular weight is 337 g/mol. The van der Waals surface area contributed by atoms with Gasteiger partial charge >= 0.3 is 0 Å². The SMILES string of the molecule is NCc1ccc(C(=O)NCC2CCCCN2Cc2ccccc2)cc1. The van der Waals surface area contributed by atoms with Gasteiger partial charge in [-0.2, -0.15) is 0 Å². The Hall–Kier alpha value is -2.17. The minimum Gasteiger partial charge on any atom is -0.350 e. The third kappa shape index (κ3) is 4.91. The second-order valence-electron chi connectivity index (χ2n) is 6.72. The van der Waals surface area contributed by atoms with Gasteiger partial charge in [-0.25, -0.2) is 0 Å². The largest absolute Gasteiger partial charge is 0.350 e. The van der Waals surface area contributed by atoms with Gasteiger partial charge in [0.25, 0.3) is 5.91 Å². The number of hydrogen-bond donors (Lipinski definition) is 2. The number of benzene rings is 2. The van der Waals surface area contributed by atoms with Crippen molar-refractivity contribution in [1.29, 1.82) is 0 Å². The molecule has 0 radical (unpaired) electrons. The molecule has 0 spiro atoms. The number of piperidine rings is 1. The normalized spacial score (nSPS) is 18.0. The van der Waals surface area contributed by atoms with E-state index in [1.807, 2.05) is 30.3 Å². The number of nitrogens with two attached hydrogens (primary N) is 1. The molecule has 132 valence electrons. The molecule has 4 heteroatoms. The fraction of sp³-hybridized carbons (Fsp3) is 0.381. The molecule has 1 heterocycles. The standard InChI is InChI=1S/C21H27N3O/c22-14-17-9-11-19(12-10-17)21(25)23-15-20-8-4-5-13-24(20)16-18-6-2-1-3-7-18/h1-3,6-7,9-12,20H,4-5,8,13-16,22H2,(H,23,25). The molecule has 0 saturated carbocycles. The fourth-order valence-electron chi connectivity index (χ4n) is 3.42. The summed E-state index contributed by atoms with van der Waals surface area (Å²) in [6.07, 6.45) is 3.61. The molecule has 0 aliphatic carbocycles. The van der Waals surface area contributed by atoms with Crippen molar-refractivity contribution in [3.63, 3.8) is 0 Å². The third-order valence-electron chi connectivity index (χ3n) is 4.93. The van der Waals surface area contributed by atoms with E-state index in [1.165, 1.54) is 18.4 Å². The molecule has 1 amide bonds. The lowest BCUT2D eigenvalue weighted by Crippen LogP contribution is -2.46. The van der Waals surface area contributed by atoms with Gasteiger partial charge in [0.2, 0.25) is 0 Å². The Morgan fingerprint density at radius 2 is 1.80 bits per heavy atom. The first kappa shape index (κ1) is 17.6. The Kier molecular flexibility index (Phi) is 6.20. The summed E-state index contributed by atoms with van der Waals surface area (Å²) in [6.45, 7) is 3.25. The van der Waals surface area contributed by atoms with Crippen LogP contribution in [0.3, 0.4) is 0 Å². The number of likely N-dealkylation sites (tertiary alicyclic amines) is 1. The van der Waals surface area contributed by atoms with E-state index in [1.54, 1.807) is 0 Å². The van der Waals surface area contributed by atoms with Gasteiger partial charge in [-0.3, -0.25) is 9.69 Å². The molecule has 1 saturated heterocycles. The van der Waals surface area contributed by atoms with Crippen molar-refractivity contribution in [2.24, 2.45) is 5.73 Å². The highest BCUT2D eigenvalue weighted by atomic mass is 16.1. The van der Waals surface area contributed by atoms with Crippen molar-refractivity contribution in [2.75, 3.05) is 13.1 Å². The third-order valence-corrected chi connectivity index (χ3v) is 4.93. The van der Waals surface area contributed by atoms with Gasteiger partial charge in [0.15, 0.2) is 0 Å². The second kappa shape index (κ2) is 8.79. The highest BCUT2D eigenvalue weighted by Gasteiger charge is 2.23. The van der Waals surface area contributed by atoms with E-state index in [4.69, 9.17) is 5.73 Å². The summed E-state index contributed by atoms with van der Waals surface area (Å²) in [6, 6.07) is 18.5. The van der Waals surface area contributed by atoms with Crippen molar-refractivity contribution in [1.82, 2.24) is 10.2 Å². The first-order valence-corrected chi connectivity index (χ1v) is 9.11. The number of amides is 1. The molecule has 2 aromatic carbocycles. The molecule has 1 fully saturated rings. The van der Waals surface area contributed by atoms with Gasteiger partial charge in [-0.05, 0) is 42.6 Å². The van der Waals surface area contributed by atoms with Crippen LogP contribution in [0.4, 0.5) is 0 Å². The molecular formula is C21H27N3O. The van der Waals surface area contributed by atoms with E-state index in [9.17, 15) is 4.79 Å². The Morgan fingerprint density at radius 1 is 1.04 bits per heavy atom. The first-order valence-electron chi connectivity index (χ1n) is 9.11. The predicted octanol–water partition coefficient (Wildman–Crippen LogP) is 2.93. The van der Waals surface area contributed by atoms with Crippen molar-refractivity contribution in [2.45, 2.75) is 38.4 Å². The van der Waals surface area contributed by atoms with E-state index in [2.05, 4.69) is 34.5 Å². The van der Waals surface area contributed by atoms with Crippen molar-refractivity contribution in [3.05, 3.63) is 71.3 Å². The molecule has 2 aromatic rings. The number of carbonyl (C=O) groups is 1. The van der Waals surface area contributed by atoms with Gasteiger partial charge in [-0.15, -0.1) is 0 Å². The van der Waals surface area contributed by atoms with Crippen LogP contribution in [-0.4, -0.2) is 29.9 Å². The number of carbonyl (C=O) groups excluding carboxylic acids is 1. The predicted molar refractivity (Wildman–Crippen MR) is 101 cm³/mol. The van der Waals surface area contributed by atoms with Gasteiger partial charge in [0, 0.05) is 31.2 Å². The molecule has 25 heavy (non-hydrogen) atoms. The van der Waals surface area contributed by atoms with E-state index in [-0.39, 0.29) is 5.91 Å². The second-order valence-corrected chi connectivity index (χ2v) is 6.72. The monoisotopic (exact) mass is 337 g/mol. The van der Waals surface area contributed by atoms with Crippen molar-refractivity contribution >= 4 is 5.91 Å². The maximum absolute atomic E-state index is 12.4. The fourth-order valence-corrected chi connectivity index (χ4v) is 3.42. The molecule has 3 rings (SSSR count). The smallest absolute Gasteiger partial charge is 0.251 e. The van der Waals surface area contributed by atoms with Crippen LogP contribution in [0.25, 0.3) is 0 Å². The minimum atomic E-state index is -0.00574. The molecule has 1 aliphatic rings. The molecule has 1 atom stereocenters.